The van der Waals surface area contributed by atoms with E-state index in [4.69, 9.17) is 9.97 Å². The summed E-state index contributed by atoms with van der Waals surface area (Å²) in [7, 11) is 0. The van der Waals surface area contributed by atoms with Gasteiger partial charge in [-0.1, -0.05) is 30.3 Å². The van der Waals surface area contributed by atoms with Gasteiger partial charge in [-0.25, -0.2) is 9.97 Å². The van der Waals surface area contributed by atoms with E-state index in [0.717, 1.165) is 64.2 Å². The van der Waals surface area contributed by atoms with E-state index in [0.29, 0.717) is 0 Å². The maximum absolute atomic E-state index is 11.7. The Morgan fingerprint density at radius 1 is 1.21 bits per heavy atom. The molecule has 1 saturated heterocycles. The normalized spacial score (nSPS) is 20.0. The van der Waals surface area contributed by atoms with E-state index in [1.165, 1.54) is 23.2 Å². The van der Waals surface area contributed by atoms with E-state index in [1.807, 2.05) is 11.1 Å². The SMILES string of the molecule is CC(=O)N1CCCC(c2ncc3c(n2)CCN(CCCc2ccccc2)C3)C1. The van der Waals surface area contributed by atoms with Crippen LogP contribution in [0.25, 0.3) is 0 Å². The quantitative estimate of drug-likeness (QED) is 0.802. The van der Waals surface area contributed by atoms with Gasteiger partial charge in [0.25, 0.3) is 0 Å². The van der Waals surface area contributed by atoms with Crippen LogP contribution < -0.4 is 0 Å². The number of likely N-dealkylation sites (tertiary alicyclic amines) is 1. The average Bonchev–Trinajstić information content (AvgIpc) is 2.74. The van der Waals surface area contributed by atoms with Crippen molar-refractivity contribution in [2.75, 3.05) is 26.2 Å². The van der Waals surface area contributed by atoms with Crippen LogP contribution in [0.5, 0.6) is 0 Å². The highest BCUT2D eigenvalue weighted by atomic mass is 16.2. The van der Waals surface area contributed by atoms with Gasteiger partial charge in [0, 0.05) is 62.9 Å². The molecule has 0 bridgehead atoms. The lowest BCUT2D eigenvalue weighted by Crippen LogP contribution is -2.38. The van der Waals surface area contributed by atoms with E-state index >= 15 is 0 Å². The second-order valence-electron chi connectivity index (χ2n) is 8.12. The van der Waals surface area contributed by atoms with Crippen LogP contribution in [0.2, 0.25) is 0 Å². The molecule has 2 aromatic rings. The number of aryl methyl sites for hydroxylation is 1. The van der Waals surface area contributed by atoms with Crippen molar-refractivity contribution >= 4 is 5.91 Å². The Morgan fingerprint density at radius 3 is 2.89 bits per heavy atom. The summed E-state index contributed by atoms with van der Waals surface area (Å²) in [6, 6.07) is 10.7. The highest BCUT2D eigenvalue weighted by molar-refractivity contribution is 5.73. The third-order valence-corrected chi connectivity index (χ3v) is 6.05. The van der Waals surface area contributed by atoms with Gasteiger partial charge in [-0.3, -0.25) is 9.69 Å². The molecular weight excluding hydrogens is 348 g/mol. The summed E-state index contributed by atoms with van der Waals surface area (Å²) in [5.41, 5.74) is 3.90. The zero-order chi connectivity index (χ0) is 19.3. The third kappa shape index (κ3) is 4.58. The number of fused-ring (bicyclic) bond motifs is 1. The molecule has 1 aromatic carbocycles. The summed E-state index contributed by atoms with van der Waals surface area (Å²) in [6.07, 6.45) is 7.47. The Hall–Kier alpha value is -2.27. The van der Waals surface area contributed by atoms with E-state index in [-0.39, 0.29) is 11.8 Å². The molecule has 4 rings (SSSR count). The topological polar surface area (TPSA) is 49.3 Å². The number of nitrogens with zero attached hydrogens (tertiary/aromatic N) is 4. The van der Waals surface area contributed by atoms with Gasteiger partial charge in [0.2, 0.25) is 5.91 Å². The highest BCUT2D eigenvalue weighted by Crippen LogP contribution is 2.26. The fourth-order valence-corrected chi connectivity index (χ4v) is 4.40. The molecule has 2 aliphatic rings. The Labute approximate surface area is 167 Å². The molecular formula is C23H30N4O. The zero-order valence-electron chi connectivity index (χ0n) is 16.8. The van der Waals surface area contributed by atoms with Gasteiger partial charge in [0.05, 0.1) is 0 Å². The largest absolute Gasteiger partial charge is 0.342 e. The minimum Gasteiger partial charge on any atom is -0.342 e. The fraction of sp³-hybridized carbons (Fsp3) is 0.522. The number of benzene rings is 1. The van der Waals surface area contributed by atoms with Crippen LogP contribution >= 0.6 is 0 Å². The lowest BCUT2D eigenvalue weighted by molar-refractivity contribution is -0.130. The van der Waals surface area contributed by atoms with Gasteiger partial charge in [-0.05, 0) is 37.8 Å². The van der Waals surface area contributed by atoms with Gasteiger partial charge >= 0.3 is 0 Å². The molecule has 2 aliphatic heterocycles. The van der Waals surface area contributed by atoms with Crippen molar-refractivity contribution in [3.63, 3.8) is 0 Å². The van der Waals surface area contributed by atoms with Crippen molar-refractivity contribution < 1.29 is 4.79 Å². The third-order valence-electron chi connectivity index (χ3n) is 6.05. The number of carbonyl (C=O) groups is 1. The van der Waals surface area contributed by atoms with Gasteiger partial charge in [0.15, 0.2) is 0 Å². The van der Waals surface area contributed by atoms with Crippen LogP contribution in [0.3, 0.4) is 0 Å². The molecule has 1 atom stereocenters. The molecule has 3 heterocycles. The minimum atomic E-state index is 0.161. The average molecular weight is 379 g/mol. The first-order chi connectivity index (χ1) is 13.7. The van der Waals surface area contributed by atoms with Crippen LogP contribution in [-0.2, 0) is 24.2 Å². The second-order valence-corrected chi connectivity index (χ2v) is 8.12. The number of hydrogen-bond donors (Lipinski definition) is 0. The molecule has 1 fully saturated rings. The smallest absolute Gasteiger partial charge is 0.219 e. The van der Waals surface area contributed by atoms with Crippen LogP contribution in [-0.4, -0.2) is 51.9 Å². The Morgan fingerprint density at radius 2 is 2.07 bits per heavy atom. The second kappa shape index (κ2) is 8.82. The van der Waals surface area contributed by atoms with Crippen LogP contribution in [0, 0.1) is 0 Å². The Balaban J connectivity index is 1.33. The molecule has 0 N–H and O–H groups in total. The Kier molecular flexibility index (Phi) is 6.01. The van der Waals surface area contributed by atoms with E-state index in [9.17, 15) is 4.79 Å². The standard InChI is InChI=1S/C23H30N4O/c1-18(28)27-13-6-10-20(17-27)23-24-15-21-16-26(14-11-22(21)25-23)12-5-9-19-7-3-2-4-8-19/h2-4,7-8,15,20H,5-6,9-14,16-17H2,1H3. The molecule has 148 valence electrons. The van der Waals surface area contributed by atoms with Crippen molar-refractivity contribution in [1.29, 1.82) is 0 Å². The molecule has 0 saturated carbocycles. The van der Waals surface area contributed by atoms with Crippen LogP contribution in [0.1, 0.15) is 54.7 Å². The summed E-state index contributed by atoms with van der Waals surface area (Å²) in [5, 5.41) is 0. The van der Waals surface area contributed by atoms with Gasteiger partial charge in [-0.2, -0.15) is 0 Å². The number of carbonyl (C=O) groups excluding carboxylic acids is 1. The molecule has 1 unspecified atom stereocenters. The summed E-state index contributed by atoms with van der Waals surface area (Å²) in [6.45, 7) is 6.43. The predicted molar refractivity (Wildman–Crippen MR) is 110 cm³/mol. The van der Waals surface area contributed by atoms with Crippen molar-refractivity contribution in [2.24, 2.45) is 0 Å². The first kappa shape index (κ1) is 19.1. The zero-order valence-corrected chi connectivity index (χ0v) is 16.8. The van der Waals surface area contributed by atoms with Gasteiger partial charge in [-0.15, -0.1) is 0 Å². The first-order valence-corrected chi connectivity index (χ1v) is 10.6. The maximum atomic E-state index is 11.7. The molecule has 1 aromatic heterocycles. The number of piperidine rings is 1. The van der Waals surface area contributed by atoms with Crippen molar-refractivity contribution in [1.82, 2.24) is 19.8 Å². The molecule has 28 heavy (non-hydrogen) atoms. The van der Waals surface area contributed by atoms with E-state index < -0.39 is 0 Å². The number of hydrogen-bond acceptors (Lipinski definition) is 4. The van der Waals surface area contributed by atoms with Crippen LogP contribution in [0.15, 0.2) is 36.5 Å². The van der Waals surface area contributed by atoms with Crippen molar-refractivity contribution in [3.05, 3.63) is 59.2 Å². The summed E-state index contributed by atoms with van der Waals surface area (Å²) in [5.74, 6) is 1.38. The van der Waals surface area contributed by atoms with Gasteiger partial charge in [0.1, 0.15) is 5.82 Å². The lowest BCUT2D eigenvalue weighted by Gasteiger charge is -2.32. The number of amides is 1. The number of rotatable bonds is 5. The molecule has 1 amide bonds. The number of aromatic nitrogens is 2. The first-order valence-electron chi connectivity index (χ1n) is 10.6. The molecule has 5 nitrogen and oxygen atoms in total. The van der Waals surface area contributed by atoms with Crippen molar-refractivity contribution in [2.45, 2.75) is 51.5 Å². The van der Waals surface area contributed by atoms with Gasteiger partial charge < -0.3 is 4.90 Å². The highest BCUT2D eigenvalue weighted by Gasteiger charge is 2.26. The van der Waals surface area contributed by atoms with E-state index in [1.54, 1.807) is 6.92 Å². The monoisotopic (exact) mass is 378 g/mol. The fourth-order valence-electron chi connectivity index (χ4n) is 4.40. The summed E-state index contributed by atoms with van der Waals surface area (Å²) in [4.78, 5) is 25.8. The molecule has 5 heteroatoms. The maximum Gasteiger partial charge on any atom is 0.219 e. The molecule has 0 aliphatic carbocycles. The Bertz CT molecular complexity index is 808. The lowest BCUT2D eigenvalue weighted by atomic mass is 9.96. The van der Waals surface area contributed by atoms with Crippen LogP contribution in [0.4, 0.5) is 0 Å². The summed E-state index contributed by atoms with van der Waals surface area (Å²) < 4.78 is 0. The predicted octanol–water partition coefficient (Wildman–Crippen LogP) is 3.19. The summed E-state index contributed by atoms with van der Waals surface area (Å²) >= 11 is 0. The van der Waals surface area contributed by atoms with E-state index in [2.05, 4.69) is 35.2 Å². The van der Waals surface area contributed by atoms with Crippen molar-refractivity contribution in [3.8, 4) is 0 Å². The molecule has 0 radical (unpaired) electrons. The molecule has 0 spiro atoms. The minimum absolute atomic E-state index is 0.161.